The monoisotopic (exact) mass is 727 g/mol. The number of hydrogen-bond donors (Lipinski definition) is 0. The molecule has 0 spiro atoms. The molecule has 48 heavy (non-hydrogen) atoms. The first-order valence-corrected chi connectivity index (χ1v) is 28.2. The summed E-state index contributed by atoms with van der Waals surface area (Å²) in [6.45, 7) is 40.3. The Morgan fingerprint density at radius 3 is 1.88 bits per heavy atom. The van der Waals surface area contributed by atoms with Crippen molar-refractivity contribution < 1.29 is 27.9 Å². The highest BCUT2D eigenvalue weighted by molar-refractivity contribution is 6.76. The van der Waals surface area contributed by atoms with E-state index >= 15 is 0 Å². The van der Waals surface area contributed by atoms with Crippen molar-refractivity contribution in [2.45, 2.75) is 182 Å². The molecule has 0 N–H and O–H groups in total. The van der Waals surface area contributed by atoms with Crippen molar-refractivity contribution in [2.24, 2.45) is 28.6 Å². The van der Waals surface area contributed by atoms with E-state index in [1.165, 1.54) is 6.42 Å². The van der Waals surface area contributed by atoms with E-state index in [2.05, 4.69) is 114 Å². The Bertz CT molecular complexity index is 1080. The van der Waals surface area contributed by atoms with Gasteiger partial charge in [-0.2, -0.15) is 0 Å². The van der Waals surface area contributed by atoms with Crippen molar-refractivity contribution in [1.82, 2.24) is 0 Å². The Hall–Kier alpha value is -0.749. The number of rotatable bonds is 20. The molecule has 9 heteroatoms. The number of ketones is 1. The number of hydrogen-bond acceptors (Lipinski definition) is 6. The molecule has 282 valence electrons. The van der Waals surface area contributed by atoms with E-state index in [0.717, 1.165) is 25.3 Å². The quantitative estimate of drug-likeness (QED) is 0.0706. The lowest BCUT2D eigenvalue weighted by atomic mass is 9.73. The highest BCUT2D eigenvalue weighted by atomic mass is 28.4. The number of methoxy groups -OCH3 is 1. The first kappa shape index (κ1) is 45.3. The average molecular weight is 727 g/mol. The van der Waals surface area contributed by atoms with Crippen molar-refractivity contribution in [3.8, 4) is 0 Å². The van der Waals surface area contributed by atoms with Crippen LogP contribution in [-0.4, -0.2) is 62.4 Å². The Labute approximate surface area is 300 Å². The van der Waals surface area contributed by atoms with Crippen LogP contribution in [0.25, 0.3) is 0 Å². The van der Waals surface area contributed by atoms with Crippen LogP contribution in [0.5, 0.6) is 0 Å². The van der Waals surface area contributed by atoms with Gasteiger partial charge < -0.3 is 18.3 Å². The number of esters is 1. The molecule has 0 unspecified atom stereocenters. The van der Waals surface area contributed by atoms with Gasteiger partial charge in [0, 0.05) is 19.4 Å². The summed E-state index contributed by atoms with van der Waals surface area (Å²) in [7, 11) is -4.19. The van der Waals surface area contributed by atoms with E-state index in [-0.39, 0.29) is 46.2 Å². The third kappa shape index (κ3) is 13.1. The van der Waals surface area contributed by atoms with Gasteiger partial charge >= 0.3 is 5.97 Å². The van der Waals surface area contributed by atoms with E-state index in [1.807, 2.05) is 20.1 Å². The van der Waals surface area contributed by atoms with Gasteiger partial charge in [-0.3, -0.25) is 9.59 Å². The van der Waals surface area contributed by atoms with Crippen molar-refractivity contribution >= 4 is 36.5 Å². The van der Waals surface area contributed by atoms with Crippen LogP contribution in [0, 0.1) is 28.6 Å². The number of carbonyl (C=O) groups is 2. The maximum absolute atomic E-state index is 14.8. The Balaban J connectivity index is 3.36. The fraction of sp³-hybridized carbons (Fsp3) is 0.897. The molecule has 0 aromatic rings. The van der Waals surface area contributed by atoms with Crippen LogP contribution in [0.15, 0.2) is 12.3 Å². The van der Waals surface area contributed by atoms with E-state index in [4.69, 9.17) is 18.3 Å². The van der Waals surface area contributed by atoms with Gasteiger partial charge in [0.1, 0.15) is 5.78 Å². The van der Waals surface area contributed by atoms with Crippen LogP contribution in [0.3, 0.4) is 0 Å². The third-order valence-corrected chi connectivity index (χ3v) is 22.8. The molecule has 0 heterocycles. The standard InChI is InChI=1S/C39H78O6Si3/c1-29(21-20-23-39(11)28-31(39)22-24-42-12)34(45-48(18,19)37(6,7)8)30(2)35(41)38(9,10)32(44-47(16,17)36(3,4)5)27-33(40)43-25-26-46(13,14)15/h22,24,29-32,34H,20-21,23,25-28H2,1-19H3/b24-22-/t29-,30+,31+,32-,34-,39-/m0/s1. The summed E-state index contributed by atoms with van der Waals surface area (Å²) in [4.78, 5) is 28.2. The fourth-order valence-corrected chi connectivity index (χ4v) is 9.61. The number of Topliss-reactive ketones (excluding diaryl/α,β-unsaturated/α-hetero) is 1. The minimum absolute atomic E-state index is 0.0132. The van der Waals surface area contributed by atoms with E-state index in [9.17, 15) is 9.59 Å². The molecule has 1 fully saturated rings. The Morgan fingerprint density at radius 2 is 1.40 bits per heavy atom. The number of allylic oxidation sites excluding steroid dienone is 1. The zero-order valence-electron chi connectivity index (χ0n) is 34.9. The Kier molecular flexibility index (Phi) is 15.8. The lowest BCUT2D eigenvalue weighted by Gasteiger charge is -2.46. The molecule has 0 aromatic carbocycles. The molecule has 0 aromatic heterocycles. The first-order valence-electron chi connectivity index (χ1n) is 18.7. The maximum Gasteiger partial charge on any atom is 0.308 e. The third-order valence-electron chi connectivity index (χ3n) is 12.1. The zero-order valence-corrected chi connectivity index (χ0v) is 37.9. The van der Waals surface area contributed by atoms with Gasteiger partial charge in [-0.25, -0.2) is 0 Å². The molecule has 0 amide bonds. The molecule has 1 saturated carbocycles. The predicted octanol–water partition coefficient (Wildman–Crippen LogP) is 11.3. The molecule has 0 bridgehead atoms. The van der Waals surface area contributed by atoms with Gasteiger partial charge in [0.15, 0.2) is 16.6 Å². The van der Waals surface area contributed by atoms with Gasteiger partial charge in [-0.05, 0) is 84.9 Å². The van der Waals surface area contributed by atoms with Gasteiger partial charge in [0.2, 0.25) is 0 Å². The molecular formula is C39H78O6Si3. The molecule has 1 aliphatic rings. The minimum atomic E-state index is -2.33. The smallest absolute Gasteiger partial charge is 0.308 e. The van der Waals surface area contributed by atoms with Crippen LogP contribution < -0.4 is 0 Å². The SMILES string of the molecule is CO/C=C\[C@@H]1C[C@]1(C)CCC[C@H](C)[C@H](O[Si](C)(C)C(C)(C)C)[C@@H](C)C(=O)C(C)(C)[C@H](CC(=O)OCC[Si](C)(C)C)O[Si](C)(C)C(C)(C)C. The van der Waals surface area contributed by atoms with Crippen molar-refractivity contribution in [3.05, 3.63) is 12.3 Å². The normalized spacial score (nSPS) is 22.3. The summed E-state index contributed by atoms with van der Waals surface area (Å²) in [5.41, 5.74) is -0.587. The molecule has 1 aliphatic carbocycles. The van der Waals surface area contributed by atoms with Crippen LogP contribution in [0.1, 0.15) is 108 Å². The van der Waals surface area contributed by atoms with Crippen LogP contribution in [0.4, 0.5) is 0 Å². The minimum Gasteiger partial charge on any atom is -0.505 e. The van der Waals surface area contributed by atoms with Crippen LogP contribution in [-0.2, 0) is 27.9 Å². The molecular weight excluding hydrogens is 649 g/mol. The highest BCUT2D eigenvalue weighted by Gasteiger charge is 2.51. The second-order valence-electron chi connectivity index (χ2n) is 20.2. The zero-order chi connectivity index (χ0) is 37.7. The molecule has 0 radical (unpaired) electrons. The maximum atomic E-state index is 14.8. The lowest BCUT2D eigenvalue weighted by molar-refractivity contribution is -0.150. The second-order valence-corrected chi connectivity index (χ2v) is 35.4. The van der Waals surface area contributed by atoms with Crippen molar-refractivity contribution in [2.75, 3.05) is 13.7 Å². The molecule has 6 nitrogen and oxygen atoms in total. The van der Waals surface area contributed by atoms with Gasteiger partial charge in [0.05, 0.1) is 38.6 Å². The predicted molar refractivity (Wildman–Crippen MR) is 211 cm³/mol. The highest BCUT2D eigenvalue weighted by Crippen LogP contribution is 2.56. The molecule has 1 rings (SSSR count). The second kappa shape index (κ2) is 16.7. The van der Waals surface area contributed by atoms with Crippen LogP contribution in [0.2, 0.25) is 61.9 Å². The number of ether oxygens (including phenoxy) is 2. The van der Waals surface area contributed by atoms with Gasteiger partial charge in [-0.15, -0.1) is 0 Å². The summed E-state index contributed by atoms with van der Waals surface area (Å²) in [5, 5.41) is -0.0594. The summed E-state index contributed by atoms with van der Waals surface area (Å²) >= 11 is 0. The summed E-state index contributed by atoms with van der Waals surface area (Å²) in [6.07, 6.45) is 7.73. The Morgan fingerprint density at radius 1 is 0.875 bits per heavy atom. The molecule has 6 atom stereocenters. The lowest BCUT2D eigenvalue weighted by Crippen LogP contribution is -2.54. The fourth-order valence-electron chi connectivity index (χ4n) is 5.98. The van der Waals surface area contributed by atoms with Gasteiger partial charge in [0.25, 0.3) is 0 Å². The summed E-state index contributed by atoms with van der Waals surface area (Å²) in [5.74, 6) is 0.256. The molecule has 0 saturated heterocycles. The molecule has 0 aliphatic heterocycles. The van der Waals surface area contributed by atoms with E-state index in [0.29, 0.717) is 17.9 Å². The van der Waals surface area contributed by atoms with E-state index in [1.54, 1.807) is 7.11 Å². The average Bonchev–Trinajstić information content (AvgIpc) is 3.55. The first-order chi connectivity index (χ1) is 21.4. The van der Waals surface area contributed by atoms with Gasteiger partial charge in [-0.1, -0.05) is 102 Å². The largest absolute Gasteiger partial charge is 0.505 e. The van der Waals surface area contributed by atoms with E-state index < -0.39 is 36.2 Å². The summed E-state index contributed by atoms with van der Waals surface area (Å²) < 4.78 is 25.1. The van der Waals surface area contributed by atoms with Crippen LogP contribution >= 0.6 is 0 Å². The topological polar surface area (TPSA) is 71.1 Å². The van der Waals surface area contributed by atoms with Crippen molar-refractivity contribution in [3.63, 3.8) is 0 Å². The van der Waals surface area contributed by atoms with Crippen molar-refractivity contribution in [1.29, 1.82) is 0 Å². The number of carbonyl (C=O) groups excluding carboxylic acids is 2. The summed E-state index contributed by atoms with van der Waals surface area (Å²) in [6, 6.07) is 0.917.